The Morgan fingerprint density at radius 2 is 1.50 bits per heavy atom. The zero-order valence-electron chi connectivity index (χ0n) is 30.0. The molecule has 2 aliphatic heterocycles. The van der Waals surface area contributed by atoms with Gasteiger partial charge in [-0.3, -0.25) is 19.2 Å². The molecule has 278 valence electrons. The van der Waals surface area contributed by atoms with Gasteiger partial charge < -0.3 is 38.3 Å². The van der Waals surface area contributed by atoms with Crippen LogP contribution in [0.1, 0.15) is 99.3 Å². The summed E-state index contributed by atoms with van der Waals surface area (Å²) < 4.78 is 40.0. The van der Waals surface area contributed by atoms with E-state index >= 15 is 0 Å². The quantitative estimate of drug-likeness (QED) is 0.221. The van der Waals surface area contributed by atoms with Gasteiger partial charge in [-0.05, 0) is 92.4 Å². The van der Waals surface area contributed by atoms with E-state index in [0.29, 0.717) is 24.9 Å². The monoisotopic (exact) mass is 704 g/mol. The maximum Gasteiger partial charge on any atom is 0.331 e. The van der Waals surface area contributed by atoms with E-state index in [-0.39, 0.29) is 41.3 Å². The van der Waals surface area contributed by atoms with Gasteiger partial charge in [0.15, 0.2) is 24.6 Å². The van der Waals surface area contributed by atoms with E-state index in [1.807, 2.05) is 0 Å². The average Bonchev–Trinajstić information content (AvgIpc) is 3.58. The molecule has 0 aromatic heterocycles. The number of carbonyl (C=O) groups excluding carboxylic acids is 5. The van der Waals surface area contributed by atoms with E-state index in [9.17, 15) is 29.1 Å². The second kappa shape index (κ2) is 13.8. The van der Waals surface area contributed by atoms with Crippen LogP contribution in [0.4, 0.5) is 0 Å². The highest BCUT2D eigenvalue weighted by Gasteiger charge is 2.68. The number of ether oxygens (including phenoxy) is 7. The van der Waals surface area contributed by atoms with Gasteiger partial charge in [-0.15, -0.1) is 0 Å². The molecule has 13 heteroatoms. The van der Waals surface area contributed by atoms with Crippen molar-refractivity contribution >= 4 is 29.8 Å². The highest BCUT2D eigenvalue weighted by atomic mass is 16.7. The number of fused-ring (bicyclic) bond motifs is 5. The Bertz CT molecular complexity index is 1410. The fraction of sp³-hybridized carbons (Fsp3) is 0.811. The van der Waals surface area contributed by atoms with Gasteiger partial charge >= 0.3 is 29.8 Å². The van der Waals surface area contributed by atoms with E-state index in [4.69, 9.17) is 33.2 Å². The van der Waals surface area contributed by atoms with Crippen LogP contribution in [0, 0.1) is 34.5 Å². The standard InChI is InChI=1S/C37H52O13/c1-19(38)44-18-29-31(46-20(2)39)32(47-21(3)40)33(48-22(4)41)34(50-29)49-25-9-12-35(5)24(16-25)7-8-28-27(35)10-13-36(6)26(11-14-37(28,36)43)23-15-30(42)45-17-23/h15,24-29,31-34,43H,7-14,16-18H2,1-6H3/t24-,25+,26-,27+,28-,29-,31-,32+,33-,34-,35+,36-,37+/m1/s1. The summed E-state index contributed by atoms with van der Waals surface area (Å²) in [6, 6.07) is 0. The molecule has 0 bridgehead atoms. The Morgan fingerprint density at radius 3 is 2.14 bits per heavy atom. The first-order valence-electron chi connectivity index (χ1n) is 18.1. The Morgan fingerprint density at radius 1 is 0.820 bits per heavy atom. The first-order chi connectivity index (χ1) is 23.6. The van der Waals surface area contributed by atoms with Crippen LogP contribution < -0.4 is 0 Å². The fourth-order valence-electron chi connectivity index (χ4n) is 11.0. The molecule has 0 unspecified atom stereocenters. The molecule has 13 atom stereocenters. The van der Waals surface area contributed by atoms with Gasteiger partial charge in [-0.25, -0.2) is 4.79 Å². The Kier molecular flexibility index (Phi) is 10.2. The number of rotatable bonds is 8. The molecule has 5 fully saturated rings. The Labute approximate surface area is 293 Å². The second-order valence-corrected chi connectivity index (χ2v) is 15.9. The highest BCUT2D eigenvalue weighted by molar-refractivity contribution is 5.85. The molecule has 0 amide bonds. The number of hydrogen-bond donors (Lipinski definition) is 1. The van der Waals surface area contributed by atoms with Crippen LogP contribution in [0.2, 0.25) is 0 Å². The van der Waals surface area contributed by atoms with E-state index in [1.165, 1.54) is 27.7 Å². The number of hydrogen-bond acceptors (Lipinski definition) is 13. The maximum atomic E-state index is 12.6. The lowest BCUT2D eigenvalue weighted by Crippen LogP contribution is -2.64. The number of cyclic esters (lactones) is 1. The van der Waals surface area contributed by atoms with Crippen molar-refractivity contribution in [2.24, 2.45) is 34.5 Å². The first-order valence-corrected chi connectivity index (χ1v) is 18.1. The van der Waals surface area contributed by atoms with Crippen LogP contribution in [0.3, 0.4) is 0 Å². The number of carbonyl (C=O) groups is 5. The maximum absolute atomic E-state index is 12.6. The molecule has 6 rings (SSSR count). The van der Waals surface area contributed by atoms with Crippen molar-refractivity contribution in [3.8, 4) is 0 Å². The highest BCUT2D eigenvalue weighted by Crippen LogP contribution is 2.70. The molecule has 13 nitrogen and oxygen atoms in total. The van der Waals surface area contributed by atoms with Crippen molar-refractivity contribution < 1.29 is 62.2 Å². The van der Waals surface area contributed by atoms with Crippen LogP contribution in [-0.4, -0.2) is 90.6 Å². The first kappa shape index (κ1) is 36.8. The summed E-state index contributed by atoms with van der Waals surface area (Å²) in [7, 11) is 0. The van der Waals surface area contributed by atoms with Crippen molar-refractivity contribution in [2.75, 3.05) is 13.2 Å². The molecule has 0 aromatic carbocycles. The smallest absolute Gasteiger partial charge is 0.331 e. The summed E-state index contributed by atoms with van der Waals surface area (Å²) in [6.45, 7) is 9.42. The summed E-state index contributed by atoms with van der Waals surface area (Å²) in [5.41, 5.74) is -0.132. The molecule has 0 aromatic rings. The number of aliphatic hydroxyl groups is 1. The molecule has 1 N–H and O–H groups in total. The topological polar surface area (TPSA) is 170 Å². The van der Waals surface area contributed by atoms with E-state index in [1.54, 1.807) is 6.08 Å². The summed E-state index contributed by atoms with van der Waals surface area (Å²) >= 11 is 0. The number of esters is 5. The van der Waals surface area contributed by atoms with Gasteiger partial charge in [0.05, 0.1) is 11.7 Å². The lowest BCUT2D eigenvalue weighted by atomic mass is 9.43. The predicted octanol–water partition coefficient (Wildman–Crippen LogP) is 3.71. The minimum Gasteiger partial charge on any atom is -0.463 e. The van der Waals surface area contributed by atoms with Gasteiger partial charge in [0, 0.05) is 39.2 Å². The predicted molar refractivity (Wildman–Crippen MR) is 173 cm³/mol. The van der Waals surface area contributed by atoms with Crippen molar-refractivity contribution in [1.29, 1.82) is 0 Å². The third-order valence-corrected chi connectivity index (χ3v) is 13.2. The lowest BCUT2D eigenvalue weighted by molar-refractivity contribution is -0.321. The molecular weight excluding hydrogens is 652 g/mol. The largest absolute Gasteiger partial charge is 0.463 e. The Hall–Kier alpha value is -3.03. The molecule has 4 saturated carbocycles. The van der Waals surface area contributed by atoms with Crippen molar-refractivity contribution in [3.05, 3.63) is 11.6 Å². The molecule has 2 heterocycles. The lowest BCUT2D eigenvalue weighted by Gasteiger charge is -2.64. The van der Waals surface area contributed by atoms with E-state index in [2.05, 4.69) is 13.8 Å². The van der Waals surface area contributed by atoms with Crippen LogP contribution in [0.15, 0.2) is 11.6 Å². The van der Waals surface area contributed by atoms with Crippen molar-refractivity contribution in [3.63, 3.8) is 0 Å². The molecule has 50 heavy (non-hydrogen) atoms. The average molecular weight is 705 g/mol. The van der Waals surface area contributed by atoms with Crippen LogP contribution in [-0.2, 0) is 57.1 Å². The fourth-order valence-corrected chi connectivity index (χ4v) is 11.0. The molecule has 0 spiro atoms. The second-order valence-electron chi connectivity index (χ2n) is 15.9. The van der Waals surface area contributed by atoms with E-state index < -0.39 is 60.2 Å². The summed E-state index contributed by atoms with van der Waals surface area (Å²) in [5.74, 6) is -1.99. The Balaban J connectivity index is 1.19. The minimum absolute atomic E-state index is 0.0229. The van der Waals surface area contributed by atoms with Gasteiger partial charge in [-0.1, -0.05) is 13.8 Å². The van der Waals surface area contributed by atoms with Gasteiger partial charge in [0.1, 0.15) is 19.3 Å². The minimum atomic E-state index is -1.28. The normalized spacial score (nSPS) is 43.7. The van der Waals surface area contributed by atoms with E-state index in [0.717, 1.165) is 56.9 Å². The molecule has 6 aliphatic rings. The third-order valence-electron chi connectivity index (χ3n) is 13.2. The zero-order valence-corrected chi connectivity index (χ0v) is 30.0. The molecular formula is C37H52O13. The van der Waals surface area contributed by atoms with Crippen molar-refractivity contribution in [1.82, 2.24) is 0 Å². The molecule has 4 aliphatic carbocycles. The van der Waals surface area contributed by atoms with Crippen molar-refractivity contribution in [2.45, 2.75) is 142 Å². The zero-order chi connectivity index (χ0) is 36.2. The third kappa shape index (κ3) is 6.58. The molecule has 1 saturated heterocycles. The van der Waals surface area contributed by atoms with Gasteiger partial charge in [0.2, 0.25) is 0 Å². The van der Waals surface area contributed by atoms with Crippen LogP contribution in [0.5, 0.6) is 0 Å². The van der Waals surface area contributed by atoms with Gasteiger partial charge in [0.25, 0.3) is 0 Å². The van der Waals surface area contributed by atoms with Gasteiger partial charge in [-0.2, -0.15) is 0 Å². The van der Waals surface area contributed by atoms with Crippen LogP contribution in [0.25, 0.3) is 0 Å². The van der Waals surface area contributed by atoms with Crippen LogP contribution >= 0.6 is 0 Å². The summed E-state index contributed by atoms with van der Waals surface area (Å²) in [4.78, 5) is 60.3. The SMILES string of the molecule is CC(=O)OC[C@H]1O[C@@H](O[C@H]2CC[C@@]3(C)[C@H](CC[C@@H]4[C@@H]3CC[C@]3(C)[C@@H](C5=CC(=O)OC5)CC[C@]43O)C2)[C@H](OC(C)=O)[C@@H](OC(C)=O)[C@@H]1OC(C)=O. The summed E-state index contributed by atoms with van der Waals surface area (Å²) in [5, 5.41) is 12.6. The summed E-state index contributed by atoms with van der Waals surface area (Å²) in [6.07, 6.45) is 2.85. The molecule has 0 radical (unpaired) electrons.